The number of nitrogens with two attached hydrogens (primary N) is 1. The van der Waals surface area contributed by atoms with Crippen LogP contribution >= 0.6 is 0 Å². The van der Waals surface area contributed by atoms with Gasteiger partial charge in [0.25, 0.3) is 5.91 Å². The second-order valence-electron chi connectivity index (χ2n) is 6.74. The van der Waals surface area contributed by atoms with E-state index in [2.05, 4.69) is 11.4 Å². The van der Waals surface area contributed by atoms with Crippen molar-refractivity contribution in [1.82, 2.24) is 5.32 Å². The maximum Gasteiger partial charge on any atom is 0.251 e. The molecule has 3 rings (SSSR count). The van der Waals surface area contributed by atoms with Crippen molar-refractivity contribution in [2.75, 3.05) is 6.54 Å². The summed E-state index contributed by atoms with van der Waals surface area (Å²) in [6, 6.07) is 13.5. The Balaban J connectivity index is 1.74. The fourth-order valence-electron chi connectivity index (χ4n) is 3.35. The van der Waals surface area contributed by atoms with E-state index in [0.29, 0.717) is 23.2 Å². The van der Waals surface area contributed by atoms with E-state index >= 15 is 0 Å². The molecule has 0 saturated carbocycles. The van der Waals surface area contributed by atoms with Crippen molar-refractivity contribution in [3.05, 3.63) is 65.7 Å². The van der Waals surface area contributed by atoms with Crippen LogP contribution in [0.3, 0.4) is 0 Å². The van der Waals surface area contributed by atoms with Crippen LogP contribution in [0.1, 0.15) is 42.5 Å². The lowest BCUT2D eigenvalue weighted by molar-refractivity contribution is 0.0954. The van der Waals surface area contributed by atoms with Gasteiger partial charge in [0, 0.05) is 17.7 Å². The number of carbonyl (C=O) groups is 1. The molecule has 1 amide bonds. The molecule has 0 heterocycles. The molecule has 0 bridgehead atoms. The van der Waals surface area contributed by atoms with Crippen LogP contribution in [-0.2, 0) is 10.0 Å². The van der Waals surface area contributed by atoms with Gasteiger partial charge < -0.3 is 5.32 Å². The van der Waals surface area contributed by atoms with Gasteiger partial charge in [0.05, 0.1) is 4.90 Å². The normalized spacial score (nSPS) is 14.5. The molecule has 27 heavy (non-hydrogen) atoms. The van der Waals surface area contributed by atoms with Crippen molar-refractivity contribution in [2.45, 2.75) is 37.0 Å². The van der Waals surface area contributed by atoms with Crippen LogP contribution in [0.4, 0.5) is 0 Å². The number of sulfonamides is 1. The van der Waals surface area contributed by atoms with Crippen molar-refractivity contribution in [3.63, 3.8) is 0 Å². The van der Waals surface area contributed by atoms with Crippen LogP contribution in [0, 0.1) is 0 Å². The molecule has 0 saturated heterocycles. The highest BCUT2D eigenvalue weighted by Crippen LogP contribution is 2.27. The maximum absolute atomic E-state index is 12.5. The lowest BCUT2D eigenvalue weighted by atomic mass is 9.97. The van der Waals surface area contributed by atoms with E-state index in [1.165, 1.54) is 24.5 Å². The van der Waals surface area contributed by atoms with Gasteiger partial charge in [0.15, 0.2) is 0 Å². The molecular weight excluding hydrogens is 360 g/mol. The molecule has 1 aliphatic carbocycles. The van der Waals surface area contributed by atoms with Crippen LogP contribution in [0.25, 0.3) is 11.1 Å². The van der Waals surface area contributed by atoms with Gasteiger partial charge in [-0.1, -0.05) is 42.0 Å². The van der Waals surface area contributed by atoms with Gasteiger partial charge in [0.1, 0.15) is 0 Å². The zero-order valence-corrected chi connectivity index (χ0v) is 16.0. The highest BCUT2D eigenvalue weighted by Gasteiger charge is 2.15. The Bertz CT molecular complexity index is 965. The molecule has 5 nitrogen and oxygen atoms in total. The van der Waals surface area contributed by atoms with Crippen LogP contribution in [0.15, 0.2) is 65.1 Å². The number of primary sulfonamides is 1. The molecule has 0 spiro atoms. The third kappa shape index (κ3) is 5.05. The molecule has 1 aliphatic rings. The third-order valence-electron chi connectivity index (χ3n) is 4.75. The lowest BCUT2D eigenvalue weighted by Gasteiger charge is -2.13. The quantitative estimate of drug-likeness (QED) is 0.746. The van der Waals surface area contributed by atoms with Crippen LogP contribution in [0.5, 0.6) is 0 Å². The Hall–Kier alpha value is -2.44. The summed E-state index contributed by atoms with van der Waals surface area (Å²) in [5, 5.41) is 8.26. The summed E-state index contributed by atoms with van der Waals surface area (Å²) >= 11 is 0. The second kappa shape index (κ2) is 8.50. The summed E-state index contributed by atoms with van der Waals surface area (Å²) in [5.74, 6) is -0.165. The Morgan fingerprint density at radius 2 is 1.89 bits per heavy atom. The number of rotatable bonds is 6. The minimum atomic E-state index is -3.85. The predicted octanol–water partition coefficient (Wildman–Crippen LogP) is 3.62. The van der Waals surface area contributed by atoms with Crippen molar-refractivity contribution >= 4 is 15.9 Å². The van der Waals surface area contributed by atoms with Gasteiger partial charge in [-0.05, 0) is 55.9 Å². The summed E-state index contributed by atoms with van der Waals surface area (Å²) in [6.07, 6.45) is 7.89. The van der Waals surface area contributed by atoms with Gasteiger partial charge in [-0.25, -0.2) is 13.6 Å². The topological polar surface area (TPSA) is 89.3 Å². The van der Waals surface area contributed by atoms with Crippen LogP contribution in [0.2, 0.25) is 0 Å². The molecule has 0 fully saturated rings. The number of hydrogen-bond donors (Lipinski definition) is 2. The number of amides is 1. The molecule has 0 radical (unpaired) electrons. The number of benzene rings is 2. The maximum atomic E-state index is 12.5. The van der Waals surface area contributed by atoms with Crippen molar-refractivity contribution in [1.29, 1.82) is 0 Å². The summed E-state index contributed by atoms with van der Waals surface area (Å²) in [7, 11) is -3.85. The average molecular weight is 385 g/mol. The molecule has 2 aromatic rings. The van der Waals surface area contributed by atoms with E-state index in [-0.39, 0.29) is 10.8 Å². The van der Waals surface area contributed by atoms with Gasteiger partial charge in [-0.15, -0.1) is 0 Å². The SMILES string of the molecule is NS(=O)(=O)c1ccccc1-c1cccc(C(=O)NCCC2=CCCCC2)c1. The van der Waals surface area contributed by atoms with E-state index in [1.54, 1.807) is 42.5 Å². The highest BCUT2D eigenvalue weighted by molar-refractivity contribution is 7.89. The molecule has 2 aromatic carbocycles. The van der Waals surface area contributed by atoms with Crippen molar-refractivity contribution < 1.29 is 13.2 Å². The average Bonchev–Trinajstić information content (AvgIpc) is 2.68. The third-order valence-corrected chi connectivity index (χ3v) is 5.72. The fraction of sp³-hybridized carbons (Fsp3) is 0.286. The van der Waals surface area contributed by atoms with E-state index in [4.69, 9.17) is 5.14 Å². The molecular formula is C21H24N2O3S. The predicted molar refractivity (Wildman–Crippen MR) is 107 cm³/mol. The minimum absolute atomic E-state index is 0.0480. The number of nitrogens with one attached hydrogen (secondary N) is 1. The van der Waals surface area contributed by atoms with Gasteiger partial charge in [-0.3, -0.25) is 4.79 Å². The first kappa shape index (κ1) is 19.3. The molecule has 0 atom stereocenters. The highest BCUT2D eigenvalue weighted by atomic mass is 32.2. The summed E-state index contributed by atoms with van der Waals surface area (Å²) in [4.78, 5) is 12.5. The lowest BCUT2D eigenvalue weighted by Crippen LogP contribution is -2.24. The zero-order valence-electron chi connectivity index (χ0n) is 15.1. The fourth-order valence-corrected chi connectivity index (χ4v) is 4.11. The number of hydrogen-bond acceptors (Lipinski definition) is 3. The molecule has 0 aromatic heterocycles. The Labute approximate surface area is 160 Å². The van der Waals surface area contributed by atoms with E-state index in [0.717, 1.165) is 19.3 Å². The second-order valence-corrected chi connectivity index (χ2v) is 8.27. The Morgan fingerprint density at radius 3 is 2.63 bits per heavy atom. The van der Waals surface area contributed by atoms with E-state index in [1.807, 2.05) is 0 Å². The molecule has 0 aliphatic heterocycles. The standard InChI is InChI=1S/C21H24N2O3S/c22-27(25,26)20-12-5-4-11-19(20)17-9-6-10-18(15-17)21(24)23-14-13-16-7-2-1-3-8-16/h4-7,9-12,15H,1-3,8,13-14H2,(H,23,24)(H2,22,25,26). The van der Waals surface area contributed by atoms with Crippen LogP contribution in [-0.4, -0.2) is 20.9 Å². The zero-order chi connectivity index (χ0) is 19.3. The molecule has 3 N–H and O–H groups in total. The summed E-state index contributed by atoms with van der Waals surface area (Å²) < 4.78 is 23.7. The first-order valence-electron chi connectivity index (χ1n) is 9.13. The van der Waals surface area contributed by atoms with E-state index in [9.17, 15) is 13.2 Å². The van der Waals surface area contributed by atoms with Gasteiger partial charge in [0.2, 0.25) is 10.0 Å². The first-order valence-corrected chi connectivity index (χ1v) is 10.7. The Morgan fingerprint density at radius 1 is 1.07 bits per heavy atom. The Kier molecular flexibility index (Phi) is 6.08. The largest absolute Gasteiger partial charge is 0.352 e. The number of allylic oxidation sites excluding steroid dienone is 1. The minimum Gasteiger partial charge on any atom is -0.352 e. The van der Waals surface area contributed by atoms with E-state index < -0.39 is 10.0 Å². The molecule has 0 unspecified atom stereocenters. The van der Waals surface area contributed by atoms with Gasteiger partial charge in [-0.2, -0.15) is 0 Å². The molecule has 6 heteroatoms. The van der Waals surface area contributed by atoms with Crippen LogP contribution < -0.4 is 10.5 Å². The summed E-state index contributed by atoms with van der Waals surface area (Å²) in [6.45, 7) is 0.600. The smallest absolute Gasteiger partial charge is 0.251 e. The monoisotopic (exact) mass is 384 g/mol. The summed E-state index contributed by atoms with van der Waals surface area (Å²) in [5.41, 5.74) is 3.04. The van der Waals surface area contributed by atoms with Gasteiger partial charge >= 0.3 is 0 Å². The number of carbonyl (C=O) groups excluding carboxylic acids is 1. The van der Waals surface area contributed by atoms with Crippen molar-refractivity contribution in [2.24, 2.45) is 5.14 Å². The van der Waals surface area contributed by atoms with Crippen molar-refractivity contribution in [3.8, 4) is 11.1 Å². The molecule has 142 valence electrons. The first-order chi connectivity index (χ1) is 12.9.